The van der Waals surface area contributed by atoms with E-state index in [0.717, 1.165) is 32.1 Å². The molecule has 2 fully saturated rings. The Kier molecular flexibility index (Phi) is 5.70. The average Bonchev–Trinajstić information content (AvgIpc) is 2.91. The van der Waals surface area contributed by atoms with Gasteiger partial charge in [0.15, 0.2) is 11.3 Å². The zero-order valence-corrected chi connectivity index (χ0v) is 15.1. The lowest BCUT2D eigenvalue weighted by atomic mass is 9.80. The van der Waals surface area contributed by atoms with Crippen LogP contribution < -0.4 is 10.6 Å². The number of hydrogen-bond acceptors (Lipinski definition) is 5. The molecule has 5 nitrogen and oxygen atoms in total. The van der Waals surface area contributed by atoms with Crippen LogP contribution in [0.5, 0.6) is 0 Å². The van der Waals surface area contributed by atoms with E-state index in [-0.39, 0.29) is 34.6 Å². The fourth-order valence-electron chi connectivity index (χ4n) is 3.67. The second-order valence-corrected chi connectivity index (χ2v) is 8.10. The van der Waals surface area contributed by atoms with Crippen molar-refractivity contribution in [1.29, 1.82) is 5.26 Å². The van der Waals surface area contributed by atoms with Crippen LogP contribution in [0.4, 0.5) is 18.3 Å². The predicted octanol–water partition coefficient (Wildman–Crippen LogP) is 4.08. The molecule has 26 heavy (non-hydrogen) atoms. The van der Waals surface area contributed by atoms with Crippen molar-refractivity contribution >= 4 is 22.4 Å². The molecule has 0 unspecified atom stereocenters. The molecular formula is C17H21F3N4OS. The number of anilines is 1. The molecule has 1 aromatic rings. The van der Waals surface area contributed by atoms with Crippen LogP contribution in [0.3, 0.4) is 0 Å². The molecule has 1 aromatic heterocycles. The van der Waals surface area contributed by atoms with Gasteiger partial charge in [-0.2, -0.15) is 18.4 Å². The predicted molar refractivity (Wildman–Crippen MR) is 91.6 cm³/mol. The number of alkyl halides is 3. The molecule has 2 N–H and O–H groups in total. The Morgan fingerprint density at radius 3 is 2.58 bits per heavy atom. The summed E-state index contributed by atoms with van der Waals surface area (Å²) in [5.41, 5.74) is 0.0577. The summed E-state index contributed by atoms with van der Waals surface area (Å²) in [7, 11) is 0. The minimum Gasteiger partial charge on any atom is -0.321 e. The zero-order valence-electron chi connectivity index (χ0n) is 14.2. The van der Waals surface area contributed by atoms with Crippen LogP contribution in [0.1, 0.15) is 61.4 Å². The molecule has 0 aliphatic heterocycles. The first-order valence-corrected chi connectivity index (χ1v) is 9.69. The number of carbonyl (C=O) groups is 1. The van der Waals surface area contributed by atoms with Crippen molar-refractivity contribution in [2.24, 2.45) is 5.92 Å². The lowest BCUT2D eigenvalue weighted by Gasteiger charge is -2.32. The van der Waals surface area contributed by atoms with E-state index < -0.39 is 12.6 Å². The number of nitrogens with one attached hydrogen (secondary N) is 2. The maximum absolute atomic E-state index is 12.9. The van der Waals surface area contributed by atoms with Gasteiger partial charge in [0.05, 0.1) is 12.1 Å². The van der Waals surface area contributed by atoms with Gasteiger partial charge in [-0.25, -0.2) is 4.98 Å². The monoisotopic (exact) mass is 386 g/mol. The lowest BCUT2D eigenvalue weighted by Crippen LogP contribution is -2.44. The van der Waals surface area contributed by atoms with E-state index in [0.29, 0.717) is 17.7 Å². The molecule has 0 bridgehead atoms. The van der Waals surface area contributed by atoms with E-state index in [1.54, 1.807) is 0 Å². The smallest absolute Gasteiger partial charge is 0.321 e. The molecule has 142 valence electrons. The fraction of sp³-hybridized carbons (Fsp3) is 0.706. The van der Waals surface area contributed by atoms with Gasteiger partial charge in [0.1, 0.15) is 0 Å². The summed E-state index contributed by atoms with van der Waals surface area (Å²) in [5, 5.41) is 14.1. The highest BCUT2D eigenvalue weighted by molar-refractivity contribution is 7.16. The molecular weight excluding hydrogens is 365 g/mol. The summed E-state index contributed by atoms with van der Waals surface area (Å²) in [6.45, 7) is 0. The topological polar surface area (TPSA) is 77.8 Å². The van der Waals surface area contributed by atoms with Crippen LogP contribution in [0.25, 0.3) is 0 Å². The average molecular weight is 386 g/mol. The Morgan fingerprint density at radius 2 is 1.96 bits per heavy atom. The normalized spacial score (nSPS) is 23.8. The van der Waals surface area contributed by atoms with Gasteiger partial charge < -0.3 is 10.6 Å². The van der Waals surface area contributed by atoms with Gasteiger partial charge in [0, 0.05) is 16.8 Å². The van der Waals surface area contributed by atoms with Gasteiger partial charge in [-0.1, -0.05) is 19.3 Å². The van der Waals surface area contributed by atoms with Crippen LogP contribution in [-0.2, 0) is 11.2 Å². The largest absolute Gasteiger partial charge is 0.394 e. The van der Waals surface area contributed by atoms with Gasteiger partial charge in [-0.3, -0.25) is 4.79 Å². The maximum atomic E-state index is 12.9. The van der Waals surface area contributed by atoms with Crippen molar-refractivity contribution in [2.45, 2.75) is 69.5 Å². The highest BCUT2D eigenvalue weighted by Gasteiger charge is 2.36. The summed E-state index contributed by atoms with van der Waals surface area (Å²) in [4.78, 5) is 17.0. The van der Waals surface area contributed by atoms with Crippen LogP contribution in [0, 0.1) is 17.4 Å². The van der Waals surface area contributed by atoms with Gasteiger partial charge >= 0.3 is 6.18 Å². The van der Waals surface area contributed by atoms with Crippen molar-refractivity contribution < 1.29 is 18.0 Å². The zero-order chi connectivity index (χ0) is 18.7. The summed E-state index contributed by atoms with van der Waals surface area (Å²) in [5.74, 6) is -0.352. The van der Waals surface area contributed by atoms with Crippen molar-refractivity contribution in [1.82, 2.24) is 10.3 Å². The number of nitrogens with zero attached hydrogens (tertiary/aromatic N) is 2. The van der Waals surface area contributed by atoms with Crippen LogP contribution >= 0.6 is 11.3 Å². The van der Waals surface area contributed by atoms with E-state index in [1.165, 1.54) is 11.3 Å². The minimum atomic E-state index is -4.32. The standard InChI is InChI=1S/C17H21F3N4OS/c18-17(19,20)8-13-14(10-4-2-1-3-5-10)26-16(23-13)24-15(25)11-6-12(7-11)22-9-21/h10-12,22H,1-8H2,(H,23,24,25). The van der Waals surface area contributed by atoms with E-state index in [4.69, 9.17) is 5.26 Å². The van der Waals surface area contributed by atoms with Crippen molar-refractivity contribution in [3.05, 3.63) is 10.6 Å². The molecule has 0 aromatic carbocycles. The van der Waals surface area contributed by atoms with Crippen LogP contribution in [0.15, 0.2) is 0 Å². The fourth-order valence-corrected chi connectivity index (χ4v) is 4.82. The number of rotatable bonds is 5. The summed E-state index contributed by atoms with van der Waals surface area (Å²) < 4.78 is 38.7. The highest BCUT2D eigenvalue weighted by Crippen LogP contribution is 2.41. The first-order valence-electron chi connectivity index (χ1n) is 8.87. The Labute approximate surface area is 154 Å². The second-order valence-electron chi connectivity index (χ2n) is 7.07. The summed E-state index contributed by atoms with van der Waals surface area (Å²) in [6.07, 6.45) is 2.50. The first kappa shape index (κ1) is 19.0. The maximum Gasteiger partial charge on any atom is 0.394 e. The Bertz CT molecular complexity index is 685. The number of amides is 1. The second kappa shape index (κ2) is 7.82. The van der Waals surface area contributed by atoms with Gasteiger partial charge in [0.2, 0.25) is 5.91 Å². The third-order valence-corrected chi connectivity index (χ3v) is 6.25. The van der Waals surface area contributed by atoms with Crippen LogP contribution in [0.2, 0.25) is 0 Å². The number of thiazole rings is 1. The molecule has 1 heterocycles. The molecule has 0 radical (unpaired) electrons. The van der Waals surface area contributed by atoms with E-state index >= 15 is 0 Å². The molecule has 3 rings (SSSR count). The number of aromatic nitrogens is 1. The Morgan fingerprint density at radius 1 is 1.27 bits per heavy atom. The van der Waals surface area contributed by atoms with Gasteiger partial charge in [0.25, 0.3) is 0 Å². The number of halogens is 3. The van der Waals surface area contributed by atoms with Crippen molar-refractivity contribution in [3.8, 4) is 6.19 Å². The number of nitriles is 1. The Hall–Kier alpha value is -1.82. The molecule has 2 aliphatic carbocycles. The third-order valence-electron chi connectivity index (χ3n) is 5.08. The quantitative estimate of drug-likeness (QED) is 0.590. The molecule has 0 spiro atoms. The molecule has 0 saturated heterocycles. The minimum absolute atomic E-state index is 0.00522. The molecule has 0 atom stereocenters. The highest BCUT2D eigenvalue weighted by atomic mass is 32.1. The van der Waals surface area contributed by atoms with Gasteiger partial charge in [-0.15, -0.1) is 11.3 Å². The molecule has 1 amide bonds. The number of hydrogen-bond donors (Lipinski definition) is 2. The van der Waals surface area contributed by atoms with Crippen molar-refractivity contribution in [2.75, 3.05) is 5.32 Å². The summed E-state index contributed by atoms with van der Waals surface area (Å²) in [6, 6.07) is 0.00522. The van der Waals surface area contributed by atoms with E-state index in [1.807, 2.05) is 6.19 Å². The lowest BCUT2D eigenvalue weighted by molar-refractivity contribution is -0.127. The first-order chi connectivity index (χ1) is 12.4. The molecule has 9 heteroatoms. The van der Waals surface area contributed by atoms with E-state index in [9.17, 15) is 18.0 Å². The van der Waals surface area contributed by atoms with Crippen molar-refractivity contribution in [3.63, 3.8) is 0 Å². The Balaban J connectivity index is 1.69. The summed E-state index contributed by atoms with van der Waals surface area (Å²) >= 11 is 1.19. The number of carbonyl (C=O) groups excluding carboxylic acids is 1. The van der Waals surface area contributed by atoms with E-state index in [2.05, 4.69) is 15.6 Å². The third kappa shape index (κ3) is 4.67. The van der Waals surface area contributed by atoms with Gasteiger partial charge in [-0.05, 0) is 31.6 Å². The SMILES string of the molecule is N#CNC1CC(C(=O)Nc2nc(CC(F)(F)F)c(C3CCCCC3)s2)C1. The molecule has 2 saturated carbocycles. The van der Waals surface area contributed by atoms with Crippen LogP contribution in [-0.4, -0.2) is 23.1 Å². The molecule has 2 aliphatic rings.